The molecule has 0 saturated carbocycles. The first-order valence-corrected chi connectivity index (χ1v) is 7.43. The van der Waals surface area contributed by atoms with E-state index in [9.17, 15) is 14.4 Å². The van der Waals surface area contributed by atoms with Crippen molar-refractivity contribution in [1.29, 1.82) is 0 Å². The van der Waals surface area contributed by atoms with Gasteiger partial charge in [0.15, 0.2) is 5.92 Å². The first kappa shape index (κ1) is 16.1. The van der Waals surface area contributed by atoms with Gasteiger partial charge in [0, 0.05) is 12.1 Å². The minimum Gasteiger partial charge on any atom is -0.497 e. The summed E-state index contributed by atoms with van der Waals surface area (Å²) in [4.78, 5) is 36.9. The largest absolute Gasteiger partial charge is 0.508 e. The highest BCUT2D eigenvalue weighted by Gasteiger charge is 2.54. The maximum atomic E-state index is 12.4. The molecule has 0 spiro atoms. The fourth-order valence-electron chi connectivity index (χ4n) is 2.98. The number of methoxy groups -OCH3 is 2. The zero-order valence-electron chi connectivity index (χ0n) is 13.3. The minimum absolute atomic E-state index is 0.105. The fraction of sp³-hybridized carbons (Fsp3) is 0.438. The van der Waals surface area contributed by atoms with E-state index in [2.05, 4.69) is 0 Å². The minimum atomic E-state index is -0.906. The number of cyclic esters (lactones) is 2. The lowest BCUT2D eigenvalue weighted by molar-refractivity contribution is -0.155. The molecule has 2 aliphatic heterocycles. The summed E-state index contributed by atoms with van der Waals surface area (Å²) < 4.78 is 19.6. The van der Waals surface area contributed by atoms with Crippen LogP contribution in [0.1, 0.15) is 6.42 Å². The van der Waals surface area contributed by atoms with Crippen LogP contribution in [0.5, 0.6) is 5.75 Å². The maximum absolute atomic E-state index is 12.4. The Kier molecular flexibility index (Phi) is 4.28. The molecule has 1 amide bonds. The number of rotatable bonds is 5. The van der Waals surface area contributed by atoms with Crippen LogP contribution in [0.4, 0.5) is 10.5 Å². The van der Waals surface area contributed by atoms with Gasteiger partial charge in [0.1, 0.15) is 18.5 Å². The number of carbonyl (C=O) groups excluding carboxylic acids is 3. The highest BCUT2D eigenvalue weighted by Crippen LogP contribution is 2.37. The van der Waals surface area contributed by atoms with Crippen molar-refractivity contribution >= 4 is 23.7 Å². The Hall–Kier alpha value is -2.77. The number of hydrogen-bond donors (Lipinski definition) is 0. The first-order chi connectivity index (χ1) is 11.5. The van der Waals surface area contributed by atoms with Gasteiger partial charge in [-0.25, -0.2) is 4.79 Å². The van der Waals surface area contributed by atoms with Crippen molar-refractivity contribution < 1.29 is 33.3 Å². The number of β-lactam (4-membered cyclic amide) rings is 1. The smallest absolute Gasteiger partial charge is 0.497 e. The molecule has 3 rings (SSSR count). The van der Waals surface area contributed by atoms with Crippen molar-refractivity contribution in [2.24, 2.45) is 5.92 Å². The van der Waals surface area contributed by atoms with E-state index in [1.165, 1.54) is 12.0 Å². The highest BCUT2D eigenvalue weighted by atomic mass is 16.8. The molecule has 0 aliphatic carbocycles. The van der Waals surface area contributed by atoms with E-state index in [0.717, 1.165) is 0 Å². The van der Waals surface area contributed by atoms with E-state index in [-0.39, 0.29) is 12.5 Å². The van der Waals surface area contributed by atoms with Crippen LogP contribution in [-0.4, -0.2) is 51.0 Å². The summed E-state index contributed by atoms with van der Waals surface area (Å²) in [6.07, 6.45) is -0.941. The standard InChI is InChI=1S/C16H17NO7/c1-21-10-5-3-9(4-6-10)17-12(7-11-8-23-16(20)24-11)13(14(17)18)15(19)22-2/h3-6,11-13H,7-8H2,1-2H3/t11-,12?,13?/m0/s1. The molecule has 2 heterocycles. The SMILES string of the molecule is COC(=O)C1C(=O)N(c2ccc(OC)cc2)C1C[C@H]1COC(=O)O1. The van der Waals surface area contributed by atoms with Crippen LogP contribution in [0, 0.1) is 5.92 Å². The van der Waals surface area contributed by atoms with E-state index in [1.54, 1.807) is 31.4 Å². The Balaban J connectivity index is 1.81. The van der Waals surface area contributed by atoms with Gasteiger partial charge in [0.25, 0.3) is 0 Å². The topological polar surface area (TPSA) is 91.4 Å². The van der Waals surface area contributed by atoms with Crippen molar-refractivity contribution in [2.45, 2.75) is 18.6 Å². The Bertz CT molecular complexity index is 657. The van der Waals surface area contributed by atoms with Crippen molar-refractivity contribution in [3.05, 3.63) is 24.3 Å². The van der Waals surface area contributed by atoms with Gasteiger partial charge in [0.05, 0.1) is 20.3 Å². The van der Waals surface area contributed by atoms with Crippen LogP contribution in [0.3, 0.4) is 0 Å². The molecule has 0 aromatic heterocycles. The van der Waals surface area contributed by atoms with Crippen LogP contribution in [-0.2, 0) is 23.8 Å². The molecule has 8 nitrogen and oxygen atoms in total. The number of ether oxygens (including phenoxy) is 4. The summed E-state index contributed by atoms with van der Waals surface area (Å²) >= 11 is 0. The average Bonchev–Trinajstić information content (AvgIpc) is 3.00. The number of nitrogens with zero attached hydrogens (tertiary/aromatic N) is 1. The molecule has 1 aromatic rings. The molecule has 8 heteroatoms. The lowest BCUT2D eigenvalue weighted by atomic mass is 9.83. The Morgan fingerprint density at radius 1 is 1.25 bits per heavy atom. The van der Waals surface area contributed by atoms with Gasteiger partial charge in [-0.15, -0.1) is 0 Å². The predicted molar refractivity (Wildman–Crippen MR) is 80.6 cm³/mol. The van der Waals surface area contributed by atoms with Crippen LogP contribution in [0.15, 0.2) is 24.3 Å². The monoisotopic (exact) mass is 335 g/mol. The normalized spacial score (nSPS) is 25.6. The van der Waals surface area contributed by atoms with Crippen molar-refractivity contribution in [2.75, 3.05) is 25.7 Å². The molecule has 3 atom stereocenters. The third kappa shape index (κ3) is 2.75. The quantitative estimate of drug-likeness (QED) is 0.452. The van der Waals surface area contributed by atoms with E-state index >= 15 is 0 Å². The van der Waals surface area contributed by atoms with Crippen LogP contribution < -0.4 is 9.64 Å². The molecule has 1 aromatic carbocycles. The summed E-state index contributed by atoms with van der Waals surface area (Å²) in [5, 5.41) is 0. The molecule has 2 saturated heterocycles. The van der Waals surface area contributed by atoms with Gasteiger partial charge in [-0.3, -0.25) is 9.59 Å². The lowest BCUT2D eigenvalue weighted by Crippen LogP contribution is -2.65. The second kappa shape index (κ2) is 6.38. The van der Waals surface area contributed by atoms with Gasteiger partial charge < -0.3 is 23.8 Å². The van der Waals surface area contributed by atoms with Crippen molar-refractivity contribution in [3.63, 3.8) is 0 Å². The summed E-state index contributed by atoms with van der Waals surface area (Å²) in [7, 11) is 2.79. The van der Waals surface area contributed by atoms with Crippen LogP contribution in [0.2, 0.25) is 0 Å². The number of esters is 1. The summed E-state index contributed by atoms with van der Waals surface area (Å²) in [6.45, 7) is 0.105. The van der Waals surface area contributed by atoms with Crippen molar-refractivity contribution in [3.8, 4) is 5.75 Å². The predicted octanol–water partition coefficient (Wildman–Crippen LogP) is 1.13. The highest BCUT2D eigenvalue weighted by molar-refractivity contribution is 6.13. The number of hydrogen-bond acceptors (Lipinski definition) is 7. The molecule has 0 bridgehead atoms. The molecular formula is C16H17NO7. The molecule has 2 fully saturated rings. The summed E-state index contributed by atoms with van der Waals surface area (Å²) in [6, 6.07) is 6.45. The zero-order chi connectivity index (χ0) is 17.3. The molecule has 2 aliphatic rings. The van der Waals surface area contributed by atoms with Crippen molar-refractivity contribution in [1.82, 2.24) is 0 Å². The first-order valence-electron chi connectivity index (χ1n) is 7.43. The summed E-state index contributed by atoms with van der Waals surface area (Å²) in [5.41, 5.74) is 0.635. The lowest BCUT2D eigenvalue weighted by Gasteiger charge is -2.46. The fourth-order valence-corrected chi connectivity index (χ4v) is 2.98. The van der Waals surface area contributed by atoms with Gasteiger partial charge in [0.2, 0.25) is 5.91 Å². The number of amides is 1. The van der Waals surface area contributed by atoms with Crippen LogP contribution in [0.25, 0.3) is 0 Å². The second-order valence-electron chi connectivity index (χ2n) is 5.51. The molecule has 0 N–H and O–H groups in total. The Morgan fingerprint density at radius 2 is 1.96 bits per heavy atom. The van der Waals surface area contributed by atoms with E-state index < -0.39 is 30.2 Å². The third-order valence-electron chi connectivity index (χ3n) is 4.18. The molecule has 2 unspecified atom stereocenters. The van der Waals surface area contributed by atoms with Gasteiger partial charge >= 0.3 is 12.1 Å². The Labute approximate surface area is 138 Å². The van der Waals surface area contributed by atoms with Gasteiger partial charge in [-0.2, -0.15) is 0 Å². The van der Waals surface area contributed by atoms with E-state index in [1.807, 2.05) is 0 Å². The maximum Gasteiger partial charge on any atom is 0.508 e. The molecule has 128 valence electrons. The molecule has 0 radical (unpaired) electrons. The number of anilines is 1. The zero-order valence-corrected chi connectivity index (χ0v) is 13.3. The summed E-state index contributed by atoms with van der Waals surface area (Å²) in [5.74, 6) is -1.19. The average molecular weight is 335 g/mol. The molecular weight excluding hydrogens is 318 g/mol. The molecule has 24 heavy (non-hydrogen) atoms. The van der Waals surface area contributed by atoms with Gasteiger partial charge in [-0.1, -0.05) is 0 Å². The van der Waals surface area contributed by atoms with Crippen LogP contribution >= 0.6 is 0 Å². The third-order valence-corrected chi connectivity index (χ3v) is 4.18. The van der Waals surface area contributed by atoms with E-state index in [4.69, 9.17) is 18.9 Å². The Morgan fingerprint density at radius 3 is 2.50 bits per heavy atom. The number of carbonyl (C=O) groups is 3. The van der Waals surface area contributed by atoms with E-state index in [0.29, 0.717) is 17.9 Å². The van der Waals surface area contributed by atoms with Gasteiger partial charge in [-0.05, 0) is 24.3 Å². The second-order valence-corrected chi connectivity index (χ2v) is 5.51. The number of benzene rings is 1.